The van der Waals surface area contributed by atoms with Crippen molar-refractivity contribution < 1.29 is 4.79 Å². The summed E-state index contributed by atoms with van der Waals surface area (Å²) < 4.78 is 0. The monoisotopic (exact) mass is 283 g/mol. The van der Waals surface area contributed by atoms with Crippen molar-refractivity contribution in [3.63, 3.8) is 0 Å². The minimum absolute atomic E-state index is 0.104. The van der Waals surface area contributed by atoms with E-state index in [1.54, 1.807) is 4.90 Å². The molecule has 110 valence electrons. The van der Waals surface area contributed by atoms with Crippen molar-refractivity contribution in [2.45, 2.75) is 37.8 Å². The van der Waals surface area contributed by atoms with Crippen LogP contribution in [0.5, 0.6) is 0 Å². The zero-order chi connectivity index (χ0) is 14.7. The Morgan fingerprint density at radius 3 is 2.95 bits per heavy atom. The topological polar surface area (TPSA) is 56.1 Å². The number of benzene rings is 1. The average Bonchev–Trinajstić information content (AvgIpc) is 3.16. The van der Waals surface area contributed by atoms with Gasteiger partial charge in [-0.25, -0.2) is 0 Å². The summed E-state index contributed by atoms with van der Waals surface area (Å²) in [5, 5.41) is 12.5. The fourth-order valence-electron chi connectivity index (χ4n) is 3.46. The lowest BCUT2D eigenvalue weighted by atomic mass is 9.96. The van der Waals surface area contributed by atoms with Gasteiger partial charge in [0.2, 0.25) is 5.91 Å². The molecule has 0 aromatic heterocycles. The van der Waals surface area contributed by atoms with Crippen molar-refractivity contribution in [3.05, 3.63) is 35.9 Å². The Kier molecular flexibility index (Phi) is 4.21. The Morgan fingerprint density at radius 2 is 2.19 bits per heavy atom. The van der Waals surface area contributed by atoms with Gasteiger partial charge in [-0.15, -0.1) is 0 Å². The molecule has 4 nitrogen and oxygen atoms in total. The predicted molar refractivity (Wildman–Crippen MR) is 80.4 cm³/mol. The van der Waals surface area contributed by atoms with Gasteiger partial charge in [0.05, 0.1) is 12.1 Å². The molecular weight excluding hydrogens is 262 g/mol. The van der Waals surface area contributed by atoms with Crippen LogP contribution in [-0.2, 0) is 11.2 Å². The molecule has 2 heterocycles. The molecule has 2 aliphatic heterocycles. The maximum absolute atomic E-state index is 12.5. The first kappa shape index (κ1) is 14.1. The highest BCUT2D eigenvalue weighted by atomic mass is 16.2. The van der Waals surface area contributed by atoms with Crippen LogP contribution in [0, 0.1) is 17.2 Å². The lowest BCUT2D eigenvalue weighted by Crippen LogP contribution is -2.45. The van der Waals surface area contributed by atoms with Crippen LogP contribution >= 0.6 is 0 Å². The van der Waals surface area contributed by atoms with E-state index in [-0.39, 0.29) is 18.0 Å². The minimum Gasteiger partial charge on any atom is -0.325 e. The number of amides is 1. The molecule has 0 aliphatic carbocycles. The molecule has 0 bridgehead atoms. The van der Waals surface area contributed by atoms with Crippen LogP contribution in [0.3, 0.4) is 0 Å². The van der Waals surface area contributed by atoms with Gasteiger partial charge in [-0.1, -0.05) is 30.3 Å². The highest BCUT2D eigenvalue weighted by Gasteiger charge is 2.36. The van der Waals surface area contributed by atoms with Gasteiger partial charge in [0, 0.05) is 6.54 Å². The molecule has 2 fully saturated rings. The molecule has 0 spiro atoms. The van der Waals surface area contributed by atoms with Gasteiger partial charge in [0.15, 0.2) is 0 Å². The summed E-state index contributed by atoms with van der Waals surface area (Å²) in [4.78, 5) is 14.3. The molecule has 1 aromatic rings. The Bertz CT molecular complexity index is 537. The molecule has 4 heteroatoms. The van der Waals surface area contributed by atoms with E-state index in [0.717, 1.165) is 38.8 Å². The Hall–Kier alpha value is -1.86. The van der Waals surface area contributed by atoms with E-state index < -0.39 is 0 Å². The molecule has 21 heavy (non-hydrogen) atoms. The molecule has 1 N–H and O–H groups in total. The molecule has 3 rings (SSSR count). The van der Waals surface area contributed by atoms with Crippen molar-refractivity contribution in [1.82, 2.24) is 10.2 Å². The smallest absolute Gasteiger partial charge is 0.240 e. The maximum atomic E-state index is 12.5. The third kappa shape index (κ3) is 3.08. The number of hydrogen-bond acceptors (Lipinski definition) is 3. The zero-order valence-corrected chi connectivity index (χ0v) is 12.2. The van der Waals surface area contributed by atoms with Crippen LogP contribution < -0.4 is 5.32 Å². The SMILES string of the molecule is N#C[C@@H]1CCCN1C(=O)[C@@H]1CC(Cc2ccccc2)CN1. The van der Waals surface area contributed by atoms with Crippen LogP contribution in [0.4, 0.5) is 0 Å². The van der Waals surface area contributed by atoms with E-state index in [9.17, 15) is 4.79 Å². The quantitative estimate of drug-likeness (QED) is 0.919. The highest BCUT2D eigenvalue weighted by molar-refractivity contribution is 5.83. The normalized spacial score (nSPS) is 28.5. The molecule has 2 saturated heterocycles. The predicted octanol–water partition coefficient (Wildman–Crippen LogP) is 1.72. The van der Waals surface area contributed by atoms with Crippen LogP contribution in [0.25, 0.3) is 0 Å². The largest absolute Gasteiger partial charge is 0.325 e. The van der Waals surface area contributed by atoms with Gasteiger partial charge in [-0.05, 0) is 43.7 Å². The lowest BCUT2D eigenvalue weighted by Gasteiger charge is -2.23. The van der Waals surface area contributed by atoms with E-state index >= 15 is 0 Å². The highest BCUT2D eigenvalue weighted by Crippen LogP contribution is 2.24. The number of carbonyl (C=O) groups is 1. The number of hydrogen-bond donors (Lipinski definition) is 1. The van der Waals surface area contributed by atoms with Gasteiger partial charge in [0.1, 0.15) is 6.04 Å². The first-order valence-corrected chi connectivity index (χ1v) is 7.75. The molecule has 1 unspecified atom stereocenters. The number of carbonyl (C=O) groups excluding carboxylic acids is 1. The Morgan fingerprint density at radius 1 is 1.38 bits per heavy atom. The average molecular weight is 283 g/mol. The molecule has 0 saturated carbocycles. The molecule has 1 aromatic carbocycles. The van der Waals surface area contributed by atoms with E-state index in [2.05, 4.69) is 35.7 Å². The third-order valence-electron chi connectivity index (χ3n) is 4.57. The van der Waals surface area contributed by atoms with Crippen molar-refractivity contribution >= 4 is 5.91 Å². The van der Waals surface area contributed by atoms with E-state index in [1.165, 1.54) is 5.56 Å². The fourth-order valence-corrected chi connectivity index (χ4v) is 3.46. The van der Waals surface area contributed by atoms with E-state index in [4.69, 9.17) is 5.26 Å². The second-order valence-electron chi connectivity index (χ2n) is 6.07. The van der Waals surface area contributed by atoms with Gasteiger partial charge >= 0.3 is 0 Å². The number of nitriles is 1. The van der Waals surface area contributed by atoms with Gasteiger partial charge < -0.3 is 10.2 Å². The van der Waals surface area contributed by atoms with Crippen LogP contribution in [-0.4, -0.2) is 36.0 Å². The number of nitrogens with zero attached hydrogens (tertiary/aromatic N) is 2. The molecule has 3 atom stereocenters. The Balaban J connectivity index is 1.57. The summed E-state index contributed by atoms with van der Waals surface area (Å²) in [6.45, 7) is 1.62. The zero-order valence-electron chi connectivity index (χ0n) is 12.2. The number of nitrogens with one attached hydrogen (secondary N) is 1. The summed E-state index contributed by atoms with van der Waals surface area (Å²) in [5.41, 5.74) is 1.33. The summed E-state index contributed by atoms with van der Waals surface area (Å²) in [7, 11) is 0. The van der Waals surface area contributed by atoms with Crippen molar-refractivity contribution in [2.75, 3.05) is 13.1 Å². The fraction of sp³-hybridized carbons (Fsp3) is 0.529. The second kappa shape index (κ2) is 6.28. The van der Waals surface area contributed by atoms with Crippen LogP contribution in [0.1, 0.15) is 24.8 Å². The van der Waals surface area contributed by atoms with Crippen LogP contribution in [0.2, 0.25) is 0 Å². The minimum atomic E-state index is -0.215. The van der Waals surface area contributed by atoms with Gasteiger partial charge in [-0.2, -0.15) is 5.26 Å². The Labute approximate surface area is 125 Å². The van der Waals surface area contributed by atoms with Gasteiger partial charge in [-0.3, -0.25) is 4.79 Å². The molecule has 0 radical (unpaired) electrons. The van der Waals surface area contributed by atoms with Gasteiger partial charge in [0.25, 0.3) is 0 Å². The summed E-state index contributed by atoms with van der Waals surface area (Å²) in [5.74, 6) is 0.624. The van der Waals surface area contributed by atoms with Crippen LogP contribution in [0.15, 0.2) is 30.3 Å². The lowest BCUT2D eigenvalue weighted by molar-refractivity contribution is -0.133. The summed E-state index contributed by atoms with van der Waals surface area (Å²) in [6.07, 6.45) is 3.66. The van der Waals surface area contributed by atoms with E-state index in [1.807, 2.05) is 6.07 Å². The molecule has 1 amide bonds. The van der Waals surface area contributed by atoms with Crippen molar-refractivity contribution in [3.8, 4) is 6.07 Å². The summed E-state index contributed by atoms with van der Waals surface area (Å²) in [6, 6.07) is 12.3. The molecule has 2 aliphatic rings. The summed E-state index contributed by atoms with van der Waals surface area (Å²) >= 11 is 0. The number of rotatable bonds is 3. The standard InChI is InChI=1S/C17H21N3O/c18-11-15-7-4-8-20(15)17(21)16-10-14(12-19-16)9-13-5-2-1-3-6-13/h1-3,5-6,14-16,19H,4,7-10,12H2/t14?,15-,16-/m0/s1. The van der Waals surface area contributed by atoms with E-state index in [0.29, 0.717) is 5.92 Å². The first-order chi connectivity index (χ1) is 10.3. The van der Waals surface area contributed by atoms with Crippen molar-refractivity contribution in [1.29, 1.82) is 5.26 Å². The second-order valence-corrected chi connectivity index (χ2v) is 6.07. The number of likely N-dealkylation sites (tertiary alicyclic amines) is 1. The molecular formula is C17H21N3O. The maximum Gasteiger partial charge on any atom is 0.240 e. The van der Waals surface area contributed by atoms with Crippen molar-refractivity contribution in [2.24, 2.45) is 5.92 Å². The third-order valence-corrected chi connectivity index (χ3v) is 4.57. The first-order valence-electron chi connectivity index (χ1n) is 7.75.